The Labute approximate surface area is 108 Å². The standard InChI is InChI=1S/C12H23N5O/c1-6-12(3,4)15-11(18)9(2)13-7-10-16-14-8-17(10)5/h8-9,13H,6-7H2,1-5H3,(H,15,18). The molecule has 1 aromatic heterocycles. The number of carbonyl (C=O) groups excluding carboxylic acids is 1. The number of amides is 1. The molecule has 0 radical (unpaired) electrons. The van der Waals surface area contributed by atoms with Gasteiger partial charge in [0.15, 0.2) is 0 Å². The second-order valence-electron chi connectivity index (χ2n) is 5.19. The van der Waals surface area contributed by atoms with Crippen LogP contribution in [0.3, 0.4) is 0 Å². The normalized spacial score (nSPS) is 13.4. The van der Waals surface area contributed by atoms with E-state index in [1.807, 2.05) is 32.4 Å². The third-order valence-corrected chi connectivity index (χ3v) is 3.11. The Morgan fingerprint density at radius 1 is 1.56 bits per heavy atom. The van der Waals surface area contributed by atoms with Crippen molar-refractivity contribution in [3.63, 3.8) is 0 Å². The molecule has 0 aliphatic heterocycles. The number of nitrogens with zero attached hydrogens (tertiary/aromatic N) is 3. The molecule has 0 aliphatic carbocycles. The van der Waals surface area contributed by atoms with Crippen molar-refractivity contribution >= 4 is 5.91 Å². The Hall–Kier alpha value is -1.43. The van der Waals surface area contributed by atoms with E-state index in [-0.39, 0.29) is 17.5 Å². The fraction of sp³-hybridized carbons (Fsp3) is 0.750. The molecule has 102 valence electrons. The molecule has 1 amide bonds. The highest BCUT2D eigenvalue weighted by Crippen LogP contribution is 2.07. The van der Waals surface area contributed by atoms with Gasteiger partial charge in [-0.2, -0.15) is 0 Å². The van der Waals surface area contributed by atoms with Crippen molar-refractivity contribution in [2.45, 2.75) is 52.2 Å². The lowest BCUT2D eigenvalue weighted by Gasteiger charge is -2.26. The Morgan fingerprint density at radius 2 is 2.22 bits per heavy atom. The van der Waals surface area contributed by atoms with Gasteiger partial charge in [-0.25, -0.2) is 0 Å². The molecule has 1 unspecified atom stereocenters. The monoisotopic (exact) mass is 253 g/mol. The summed E-state index contributed by atoms with van der Waals surface area (Å²) >= 11 is 0. The maximum Gasteiger partial charge on any atom is 0.237 e. The molecule has 1 aromatic rings. The van der Waals surface area contributed by atoms with Crippen molar-refractivity contribution in [1.82, 2.24) is 25.4 Å². The van der Waals surface area contributed by atoms with Crippen molar-refractivity contribution < 1.29 is 4.79 Å². The first-order chi connectivity index (χ1) is 8.35. The molecule has 0 aromatic carbocycles. The number of aryl methyl sites for hydroxylation is 1. The summed E-state index contributed by atoms with van der Waals surface area (Å²) in [4.78, 5) is 11.9. The van der Waals surface area contributed by atoms with E-state index in [9.17, 15) is 4.79 Å². The molecule has 1 atom stereocenters. The number of nitrogens with one attached hydrogen (secondary N) is 2. The van der Waals surface area contributed by atoms with Crippen molar-refractivity contribution in [2.24, 2.45) is 7.05 Å². The Morgan fingerprint density at radius 3 is 2.72 bits per heavy atom. The zero-order chi connectivity index (χ0) is 13.8. The topological polar surface area (TPSA) is 71.8 Å². The van der Waals surface area contributed by atoms with Gasteiger partial charge in [0, 0.05) is 12.6 Å². The van der Waals surface area contributed by atoms with E-state index in [2.05, 4.69) is 27.8 Å². The van der Waals surface area contributed by atoms with Crippen LogP contribution in [0.1, 0.15) is 39.9 Å². The molecule has 1 heterocycles. The average molecular weight is 253 g/mol. The number of carbonyl (C=O) groups is 1. The van der Waals surface area contributed by atoms with Crippen LogP contribution >= 0.6 is 0 Å². The van der Waals surface area contributed by atoms with Gasteiger partial charge in [-0.1, -0.05) is 6.92 Å². The minimum Gasteiger partial charge on any atom is -0.350 e. The van der Waals surface area contributed by atoms with Crippen LogP contribution in [-0.4, -0.2) is 32.3 Å². The minimum absolute atomic E-state index is 0.00372. The van der Waals surface area contributed by atoms with Crippen LogP contribution in [0.25, 0.3) is 0 Å². The first-order valence-corrected chi connectivity index (χ1v) is 6.24. The third-order valence-electron chi connectivity index (χ3n) is 3.11. The molecule has 18 heavy (non-hydrogen) atoms. The van der Waals surface area contributed by atoms with Crippen LogP contribution in [0.2, 0.25) is 0 Å². The third kappa shape index (κ3) is 4.10. The van der Waals surface area contributed by atoms with Crippen molar-refractivity contribution in [2.75, 3.05) is 0 Å². The fourth-order valence-corrected chi connectivity index (χ4v) is 1.33. The van der Waals surface area contributed by atoms with Crippen LogP contribution < -0.4 is 10.6 Å². The molecule has 6 nitrogen and oxygen atoms in total. The van der Waals surface area contributed by atoms with Gasteiger partial charge < -0.3 is 9.88 Å². The van der Waals surface area contributed by atoms with Crippen molar-refractivity contribution in [3.8, 4) is 0 Å². The summed E-state index contributed by atoms with van der Waals surface area (Å²) in [5, 5.41) is 13.9. The summed E-state index contributed by atoms with van der Waals surface area (Å²) in [5.74, 6) is 0.813. The second kappa shape index (κ2) is 5.95. The smallest absolute Gasteiger partial charge is 0.237 e. The largest absolute Gasteiger partial charge is 0.350 e. The van der Waals surface area contributed by atoms with E-state index >= 15 is 0 Å². The number of hydrogen-bond donors (Lipinski definition) is 2. The Bertz CT molecular complexity index is 399. The maximum atomic E-state index is 11.9. The van der Waals surface area contributed by atoms with E-state index in [4.69, 9.17) is 0 Å². The maximum absolute atomic E-state index is 11.9. The summed E-state index contributed by atoms with van der Waals surface area (Å²) in [6, 6.07) is -0.257. The van der Waals surface area contributed by atoms with Gasteiger partial charge in [0.25, 0.3) is 0 Å². The van der Waals surface area contributed by atoms with Gasteiger partial charge in [0.2, 0.25) is 5.91 Å². The lowest BCUT2D eigenvalue weighted by Crippen LogP contribution is -2.50. The first-order valence-electron chi connectivity index (χ1n) is 6.24. The lowest BCUT2D eigenvalue weighted by molar-refractivity contribution is -0.124. The summed E-state index contributed by atoms with van der Waals surface area (Å²) in [6.07, 6.45) is 2.54. The SMILES string of the molecule is CCC(C)(C)NC(=O)C(C)NCc1nncn1C. The van der Waals surface area contributed by atoms with Crippen LogP contribution in [0.15, 0.2) is 6.33 Å². The highest BCUT2D eigenvalue weighted by atomic mass is 16.2. The quantitative estimate of drug-likeness (QED) is 0.778. The molecule has 0 aliphatic rings. The van der Waals surface area contributed by atoms with Crippen molar-refractivity contribution in [3.05, 3.63) is 12.2 Å². The number of hydrogen-bond acceptors (Lipinski definition) is 4. The zero-order valence-electron chi connectivity index (χ0n) is 11.8. The molecule has 0 bridgehead atoms. The Balaban J connectivity index is 2.43. The van der Waals surface area contributed by atoms with E-state index in [1.54, 1.807) is 6.33 Å². The molecular weight excluding hydrogens is 230 g/mol. The van der Waals surface area contributed by atoms with Crippen LogP contribution in [-0.2, 0) is 18.4 Å². The van der Waals surface area contributed by atoms with E-state index in [0.717, 1.165) is 12.2 Å². The minimum atomic E-state index is -0.257. The van der Waals surface area contributed by atoms with E-state index in [1.165, 1.54) is 0 Å². The van der Waals surface area contributed by atoms with E-state index < -0.39 is 0 Å². The van der Waals surface area contributed by atoms with Gasteiger partial charge >= 0.3 is 0 Å². The first kappa shape index (κ1) is 14.6. The van der Waals surface area contributed by atoms with Gasteiger partial charge in [-0.15, -0.1) is 10.2 Å². The summed E-state index contributed by atoms with van der Waals surface area (Å²) in [6.45, 7) is 8.45. The second-order valence-corrected chi connectivity index (χ2v) is 5.19. The molecule has 6 heteroatoms. The highest BCUT2D eigenvalue weighted by Gasteiger charge is 2.21. The van der Waals surface area contributed by atoms with Gasteiger partial charge in [0.05, 0.1) is 12.6 Å². The van der Waals surface area contributed by atoms with Crippen LogP contribution in [0.5, 0.6) is 0 Å². The molecule has 0 saturated carbocycles. The summed E-state index contributed by atoms with van der Waals surface area (Å²) < 4.78 is 1.83. The number of aromatic nitrogens is 3. The average Bonchev–Trinajstić information content (AvgIpc) is 2.71. The summed E-state index contributed by atoms with van der Waals surface area (Å²) in [5.41, 5.74) is -0.169. The van der Waals surface area contributed by atoms with Gasteiger partial charge in [0.1, 0.15) is 12.2 Å². The predicted molar refractivity (Wildman–Crippen MR) is 69.8 cm³/mol. The van der Waals surface area contributed by atoms with Crippen LogP contribution in [0.4, 0.5) is 0 Å². The molecule has 0 spiro atoms. The van der Waals surface area contributed by atoms with Gasteiger partial charge in [-0.3, -0.25) is 10.1 Å². The molecule has 0 saturated heterocycles. The lowest BCUT2D eigenvalue weighted by atomic mass is 10.0. The van der Waals surface area contributed by atoms with Gasteiger partial charge in [-0.05, 0) is 27.2 Å². The number of rotatable bonds is 6. The molecular formula is C12H23N5O. The predicted octanol–water partition coefficient (Wildman–Crippen LogP) is 0.598. The highest BCUT2D eigenvalue weighted by molar-refractivity contribution is 5.81. The molecule has 1 rings (SSSR count). The fourth-order valence-electron chi connectivity index (χ4n) is 1.33. The van der Waals surface area contributed by atoms with Crippen molar-refractivity contribution in [1.29, 1.82) is 0 Å². The zero-order valence-corrected chi connectivity index (χ0v) is 11.8. The Kier molecular flexibility index (Phi) is 4.84. The van der Waals surface area contributed by atoms with E-state index in [0.29, 0.717) is 6.54 Å². The molecule has 2 N–H and O–H groups in total. The summed E-state index contributed by atoms with van der Waals surface area (Å²) in [7, 11) is 1.88. The molecule has 0 fully saturated rings. The van der Waals surface area contributed by atoms with Crippen LogP contribution in [0, 0.1) is 0 Å².